The molecule has 7 rings (SSSR count). The number of anilines is 1. The van der Waals surface area contributed by atoms with Crippen molar-refractivity contribution < 1.29 is 18.7 Å². The molecular formula is C24H24FN5O3. The molecule has 0 spiro atoms. The Hall–Kier alpha value is -3.75. The summed E-state index contributed by atoms with van der Waals surface area (Å²) in [6, 6.07) is 6.55. The molecule has 8 nitrogen and oxygen atoms in total. The maximum atomic E-state index is 13.4. The van der Waals surface area contributed by atoms with Gasteiger partial charge in [-0.1, -0.05) is 12.8 Å². The highest BCUT2D eigenvalue weighted by atomic mass is 19.1. The second-order valence-corrected chi connectivity index (χ2v) is 8.69. The highest BCUT2D eigenvalue weighted by Crippen LogP contribution is 2.44. The lowest BCUT2D eigenvalue weighted by molar-refractivity contribution is -0.147. The predicted molar refractivity (Wildman–Crippen MR) is 120 cm³/mol. The Kier molecular flexibility index (Phi) is 5.53. The topological polar surface area (TPSA) is 131 Å². The first-order valence-electron chi connectivity index (χ1n) is 11.0. The van der Waals surface area contributed by atoms with Gasteiger partial charge in [-0.3, -0.25) is 4.79 Å². The minimum atomic E-state index is -0.556. The van der Waals surface area contributed by atoms with Gasteiger partial charge in [0.2, 0.25) is 0 Å². The van der Waals surface area contributed by atoms with Gasteiger partial charge in [0.1, 0.15) is 23.0 Å². The van der Waals surface area contributed by atoms with Crippen LogP contribution in [0.5, 0.6) is 0 Å². The van der Waals surface area contributed by atoms with E-state index in [0.29, 0.717) is 45.6 Å². The van der Waals surface area contributed by atoms with Crippen LogP contribution in [0.3, 0.4) is 0 Å². The van der Waals surface area contributed by atoms with Gasteiger partial charge in [-0.15, -0.1) is 0 Å². The number of nitrogens with zero attached hydrogens (tertiary/aromatic N) is 3. The molecule has 0 radical (unpaired) electrons. The van der Waals surface area contributed by atoms with Crippen molar-refractivity contribution in [1.82, 2.24) is 19.9 Å². The summed E-state index contributed by atoms with van der Waals surface area (Å²) in [6.45, 7) is 0. The van der Waals surface area contributed by atoms with Crippen molar-refractivity contribution >= 4 is 22.8 Å². The van der Waals surface area contributed by atoms with Crippen LogP contribution in [0.1, 0.15) is 32.1 Å². The largest absolute Gasteiger partial charge is 0.481 e. The summed E-state index contributed by atoms with van der Waals surface area (Å²) in [7, 11) is 0. The number of hydrogen-bond acceptors (Lipinski definition) is 6. The Morgan fingerprint density at radius 3 is 2.67 bits per heavy atom. The highest BCUT2D eigenvalue weighted by molar-refractivity contribution is 5.92. The van der Waals surface area contributed by atoms with Crippen LogP contribution in [0, 0.1) is 23.6 Å². The first kappa shape index (κ1) is 21.1. The van der Waals surface area contributed by atoms with Crippen molar-refractivity contribution in [2.24, 2.45) is 17.8 Å². The number of carboxylic acids is 1. The number of aromatic nitrogens is 4. The number of nitrogens with one attached hydrogen (secondary N) is 1. The van der Waals surface area contributed by atoms with Gasteiger partial charge in [0.25, 0.3) is 0 Å². The van der Waals surface area contributed by atoms with Crippen LogP contribution in [-0.4, -0.2) is 31.0 Å². The van der Waals surface area contributed by atoms with Gasteiger partial charge in [0.05, 0.1) is 18.4 Å². The summed E-state index contributed by atoms with van der Waals surface area (Å²) in [4.78, 5) is 26.4. The zero-order valence-electron chi connectivity index (χ0n) is 17.9. The highest BCUT2D eigenvalue weighted by Gasteiger charge is 2.39. The van der Waals surface area contributed by atoms with Crippen molar-refractivity contribution in [2.75, 3.05) is 5.73 Å². The van der Waals surface area contributed by atoms with Crippen LogP contribution in [0.15, 0.2) is 47.3 Å². The Bertz CT molecular complexity index is 1280. The maximum Gasteiger partial charge on any atom is 0.306 e. The van der Waals surface area contributed by atoms with E-state index in [1.807, 2.05) is 0 Å². The zero-order valence-corrected chi connectivity index (χ0v) is 17.9. The molecule has 3 saturated carbocycles. The van der Waals surface area contributed by atoms with Crippen LogP contribution in [-0.2, 0) is 4.79 Å². The molecule has 4 aromatic rings. The van der Waals surface area contributed by atoms with E-state index >= 15 is 0 Å². The number of aliphatic carboxylic acids is 1. The zero-order chi connectivity index (χ0) is 22.9. The van der Waals surface area contributed by atoms with Crippen LogP contribution in [0.25, 0.3) is 33.9 Å². The average molecular weight is 449 g/mol. The number of H-pyrrole nitrogens is 1. The summed E-state index contributed by atoms with van der Waals surface area (Å²) >= 11 is 0. The lowest BCUT2D eigenvalue weighted by Crippen LogP contribution is -2.35. The number of nitrogen functional groups attached to an aromatic ring is 1. The van der Waals surface area contributed by atoms with Gasteiger partial charge in [-0.25, -0.2) is 19.3 Å². The fourth-order valence-corrected chi connectivity index (χ4v) is 4.98. The molecule has 0 aliphatic heterocycles. The van der Waals surface area contributed by atoms with E-state index in [0.717, 1.165) is 18.5 Å². The Morgan fingerprint density at radius 1 is 1.21 bits per heavy atom. The minimum absolute atomic E-state index is 0.00231. The predicted octanol–water partition coefficient (Wildman–Crippen LogP) is 4.90. The van der Waals surface area contributed by atoms with E-state index in [1.165, 1.54) is 31.7 Å². The molecule has 9 heteroatoms. The van der Waals surface area contributed by atoms with Gasteiger partial charge in [0, 0.05) is 23.2 Å². The molecule has 2 bridgehead atoms. The lowest BCUT2D eigenvalue weighted by atomic mass is 9.65. The molecule has 0 amide bonds. The number of furan rings is 1. The fourth-order valence-electron chi connectivity index (χ4n) is 4.98. The molecule has 1 unspecified atom stereocenters. The summed E-state index contributed by atoms with van der Waals surface area (Å²) in [5.74, 6) is 1.53. The molecule has 1 atom stereocenters. The second-order valence-electron chi connectivity index (χ2n) is 8.69. The molecule has 4 N–H and O–H groups in total. The summed E-state index contributed by atoms with van der Waals surface area (Å²) < 4.78 is 18.8. The van der Waals surface area contributed by atoms with Crippen molar-refractivity contribution in [3.05, 3.63) is 48.7 Å². The summed E-state index contributed by atoms with van der Waals surface area (Å²) in [5.41, 5.74) is 7.60. The molecule has 3 aliphatic rings. The minimum Gasteiger partial charge on any atom is -0.481 e. The van der Waals surface area contributed by atoms with Crippen molar-refractivity contribution in [3.63, 3.8) is 0 Å². The molecule has 0 saturated heterocycles. The molecule has 170 valence electrons. The molecular weight excluding hydrogens is 425 g/mol. The first-order chi connectivity index (χ1) is 16.0. The molecule has 4 aromatic heterocycles. The van der Waals surface area contributed by atoms with Gasteiger partial charge >= 0.3 is 5.97 Å². The van der Waals surface area contributed by atoms with E-state index in [-0.39, 0.29) is 5.92 Å². The third kappa shape index (κ3) is 4.30. The van der Waals surface area contributed by atoms with Crippen molar-refractivity contribution in [1.29, 1.82) is 0 Å². The third-order valence-corrected chi connectivity index (χ3v) is 6.62. The van der Waals surface area contributed by atoms with Gasteiger partial charge in [0.15, 0.2) is 11.6 Å². The van der Waals surface area contributed by atoms with Crippen LogP contribution >= 0.6 is 0 Å². The van der Waals surface area contributed by atoms with Gasteiger partial charge < -0.3 is 20.2 Å². The monoisotopic (exact) mass is 449 g/mol. The van der Waals surface area contributed by atoms with E-state index in [4.69, 9.17) is 15.3 Å². The average Bonchev–Trinajstić information content (AvgIpc) is 3.50. The number of carboxylic acid groups (broad SMARTS) is 1. The smallest absolute Gasteiger partial charge is 0.306 e. The summed E-state index contributed by atoms with van der Waals surface area (Å²) in [6.07, 6.45) is 10.2. The number of carbonyl (C=O) groups is 1. The van der Waals surface area contributed by atoms with E-state index < -0.39 is 11.8 Å². The van der Waals surface area contributed by atoms with Crippen LogP contribution < -0.4 is 5.73 Å². The number of pyridine rings is 1. The van der Waals surface area contributed by atoms with E-state index in [9.17, 15) is 9.18 Å². The number of nitrogens with two attached hydrogens (primary N) is 1. The van der Waals surface area contributed by atoms with Gasteiger partial charge in [-0.05, 0) is 49.3 Å². The first-order valence-corrected chi connectivity index (χ1v) is 11.0. The molecule has 0 aromatic carbocycles. The molecule has 3 aliphatic carbocycles. The van der Waals surface area contributed by atoms with Crippen LogP contribution in [0.4, 0.5) is 10.2 Å². The lowest BCUT2D eigenvalue weighted by Gasteiger charge is -2.40. The SMILES string of the molecule is Nc1cc(-c2ccco2)nc(-c2c[nH]c3ncc(F)cc23)n1.O=C(O)C1CC2CCC1CC2. The molecule has 33 heavy (non-hydrogen) atoms. The standard InChI is InChI=1S/C15H10FN5O.C9H14O2/c16-8-4-9-10(7-19-14(9)18-6-8)15-20-11(5-13(17)21-15)12-2-1-3-22-12;10-9(11)8-5-6-1-3-7(8)4-2-6/h1-7H,(H,18,19)(H2,17,20,21);6-8H,1-5H2,(H,10,11). The normalized spacial score (nSPS) is 21.5. The maximum absolute atomic E-state index is 13.4. The Labute approximate surface area is 189 Å². The van der Waals surface area contributed by atoms with Crippen LogP contribution in [0.2, 0.25) is 0 Å². The summed E-state index contributed by atoms with van der Waals surface area (Å²) in [5, 5.41) is 9.45. The fraction of sp³-hybridized carbons (Fsp3) is 0.333. The molecule has 4 heterocycles. The van der Waals surface area contributed by atoms with E-state index in [1.54, 1.807) is 30.7 Å². The quantitative estimate of drug-likeness (QED) is 0.405. The Morgan fingerprint density at radius 2 is 2.03 bits per heavy atom. The number of halogens is 1. The number of fused-ring (bicyclic) bond motifs is 4. The third-order valence-electron chi connectivity index (χ3n) is 6.62. The Balaban J connectivity index is 0.000000174. The second kappa shape index (κ2) is 8.65. The number of hydrogen-bond donors (Lipinski definition) is 3. The van der Waals surface area contributed by atoms with Crippen molar-refractivity contribution in [2.45, 2.75) is 32.1 Å². The molecule has 3 fully saturated rings. The number of aromatic amines is 1. The van der Waals surface area contributed by atoms with Crippen molar-refractivity contribution in [3.8, 4) is 22.8 Å². The number of rotatable bonds is 3. The van der Waals surface area contributed by atoms with Gasteiger partial charge in [-0.2, -0.15) is 0 Å². The van der Waals surface area contributed by atoms with E-state index in [2.05, 4.69) is 19.9 Å².